The van der Waals surface area contributed by atoms with Gasteiger partial charge in [0.1, 0.15) is 6.04 Å². The molecule has 0 unspecified atom stereocenters. The summed E-state index contributed by atoms with van der Waals surface area (Å²) >= 11 is 12.4. The molecule has 0 bridgehead atoms. The Morgan fingerprint density at radius 2 is 1.62 bits per heavy atom. The molecule has 0 saturated heterocycles. The number of halogens is 2. The Morgan fingerprint density at radius 1 is 0.952 bits per heavy atom. The van der Waals surface area contributed by atoms with E-state index in [4.69, 9.17) is 23.2 Å². The van der Waals surface area contributed by atoms with Crippen molar-refractivity contribution in [1.82, 2.24) is 10.2 Å². The van der Waals surface area contributed by atoms with Crippen LogP contribution in [0.25, 0.3) is 0 Å². The number of benzene rings is 3. The molecule has 0 fully saturated rings. The molecule has 0 aliphatic rings. The average molecular weight is 633 g/mol. The number of nitrogens with one attached hydrogen (secondary N) is 1. The molecule has 0 aromatic heterocycles. The summed E-state index contributed by atoms with van der Waals surface area (Å²) in [6.07, 6.45) is 2.42. The monoisotopic (exact) mass is 631 g/mol. The molecular weight excluding hydrogens is 593 g/mol. The van der Waals surface area contributed by atoms with Crippen LogP contribution in [0.15, 0.2) is 72.8 Å². The van der Waals surface area contributed by atoms with E-state index in [0.29, 0.717) is 11.4 Å². The van der Waals surface area contributed by atoms with Crippen LogP contribution in [0.1, 0.15) is 49.8 Å². The van der Waals surface area contributed by atoms with Crippen LogP contribution in [0.5, 0.6) is 0 Å². The van der Waals surface area contributed by atoms with E-state index in [1.165, 1.54) is 12.1 Å². The summed E-state index contributed by atoms with van der Waals surface area (Å²) in [6.45, 7) is 6.17. The number of anilines is 1. The third-order valence-corrected chi connectivity index (χ3v) is 8.81. The molecule has 3 aromatic rings. The minimum Gasteiger partial charge on any atom is -0.352 e. The SMILES string of the molecule is CC[C@H](C)NC(=O)[C@@H](Cc1ccccc1)N(Cc1ccc(C)cc1)C(=O)CCCN(c1cc(Cl)ccc1Cl)S(C)(=O)=O. The maximum Gasteiger partial charge on any atom is 0.243 e. The van der Waals surface area contributed by atoms with Gasteiger partial charge in [-0.25, -0.2) is 8.42 Å². The van der Waals surface area contributed by atoms with Crippen LogP contribution < -0.4 is 9.62 Å². The van der Waals surface area contributed by atoms with Crippen molar-refractivity contribution >= 4 is 50.7 Å². The fraction of sp³-hybridized carbons (Fsp3) is 0.375. The summed E-state index contributed by atoms with van der Waals surface area (Å²) < 4.78 is 26.5. The number of amides is 2. The van der Waals surface area contributed by atoms with E-state index in [2.05, 4.69) is 5.32 Å². The lowest BCUT2D eigenvalue weighted by Gasteiger charge is -2.33. The Morgan fingerprint density at radius 3 is 2.24 bits per heavy atom. The van der Waals surface area contributed by atoms with Gasteiger partial charge in [0.25, 0.3) is 0 Å². The van der Waals surface area contributed by atoms with Gasteiger partial charge in [-0.2, -0.15) is 0 Å². The third kappa shape index (κ3) is 9.75. The largest absolute Gasteiger partial charge is 0.352 e. The van der Waals surface area contributed by atoms with E-state index in [1.807, 2.05) is 75.4 Å². The van der Waals surface area contributed by atoms with E-state index >= 15 is 0 Å². The van der Waals surface area contributed by atoms with Crippen molar-refractivity contribution in [2.45, 2.75) is 65.1 Å². The summed E-state index contributed by atoms with van der Waals surface area (Å²) in [7, 11) is -3.71. The van der Waals surface area contributed by atoms with E-state index < -0.39 is 16.1 Å². The minimum absolute atomic E-state index is 0.0193. The van der Waals surface area contributed by atoms with Gasteiger partial charge < -0.3 is 10.2 Å². The molecular formula is C32H39Cl2N3O4S. The highest BCUT2D eigenvalue weighted by Crippen LogP contribution is 2.31. The molecule has 7 nitrogen and oxygen atoms in total. The Hall–Kier alpha value is -3.07. The molecule has 0 spiro atoms. The maximum atomic E-state index is 13.9. The number of sulfonamides is 1. The molecule has 10 heteroatoms. The first-order chi connectivity index (χ1) is 19.9. The van der Waals surface area contributed by atoms with Crippen LogP contribution in [0.4, 0.5) is 5.69 Å². The summed E-state index contributed by atoms with van der Waals surface area (Å²) in [5.41, 5.74) is 3.17. The van der Waals surface area contributed by atoms with Crippen LogP contribution in [0.2, 0.25) is 10.0 Å². The van der Waals surface area contributed by atoms with Gasteiger partial charge in [-0.05, 0) is 56.0 Å². The zero-order chi connectivity index (χ0) is 30.9. The predicted molar refractivity (Wildman–Crippen MR) is 171 cm³/mol. The first kappa shape index (κ1) is 33.4. The number of nitrogens with zero attached hydrogens (tertiary/aromatic N) is 2. The molecule has 1 N–H and O–H groups in total. The van der Waals surface area contributed by atoms with E-state index in [0.717, 1.165) is 33.7 Å². The van der Waals surface area contributed by atoms with Crippen LogP contribution in [0, 0.1) is 6.92 Å². The molecule has 3 aromatic carbocycles. The first-order valence-corrected chi connectivity index (χ1v) is 16.6. The van der Waals surface area contributed by atoms with Gasteiger partial charge in [0.05, 0.1) is 17.0 Å². The quantitative estimate of drug-likeness (QED) is 0.223. The first-order valence-electron chi connectivity index (χ1n) is 14.0. The van der Waals surface area contributed by atoms with Gasteiger partial charge in [0.15, 0.2) is 0 Å². The molecule has 0 radical (unpaired) electrons. The Bertz CT molecular complexity index is 1450. The molecule has 226 valence electrons. The smallest absolute Gasteiger partial charge is 0.243 e. The summed E-state index contributed by atoms with van der Waals surface area (Å²) in [5, 5.41) is 3.64. The zero-order valence-corrected chi connectivity index (χ0v) is 26.8. The van der Waals surface area contributed by atoms with Gasteiger partial charge in [-0.3, -0.25) is 13.9 Å². The molecule has 0 aliphatic carbocycles. The molecule has 0 heterocycles. The highest BCUT2D eigenvalue weighted by atomic mass is 35.5. The van der Waals surface area contributed by atoms with Crippen LogP contribution in [0.3, 0.4) is 0 Å². The highest BCUT2D eigenvalue weighted by molar-refractivity contribution is 7.92. The van der Waals surface area contributed by atoms with Crippen LogP contribution in [-0.4, -0.2) is 50.0 Å². The summed E-state index contributed by atoms with van der Waals surface area (Å²) in [6, 6.07) is 21.3. The van der Waals surface area contributed by atoms with Gasteiger partial charge in [0.2, 0.25) is 21.8 Å². The molecule has 2 amide bonds. The maximum absolute atomic E-state index is 13.9. The normalized spacial score (nSPS) is 12.8. The Kier molecular flexibility index (Phi) is 12.3. The van der Waals surface area contributed by atoms with Crippen molar-refractivity contribution in [3.63, 3.8) is 0 Å². The van der Waals surface area contributed by atoms with Crippen molar-refractivity contribution in [2.24, 2.45) is 0 Å². The van der Waals surface area contributed by atoms with Crippen molar-refractivity contribution < 1.29 is 18.0 Å². The van der Waals surface area contributed by atoms with Crippen molar-refractivity contribution in [1.29, 1.82) is 0 Å². The molecule has 2 atom stereocenters. The predicted octanol–water partition coefficient (Wildman–Crippen LogP) is 6.40. The van der Waals surface area contributed by atoms with Gasteiger partial charge in [0, 0.05) is 37.0 Å². The minimum atomic E-state index is -3.71. The third-order valence-electron chi connectivity index (χ3n) is 7.07. The van der Waals surface area contributed by atoms with E-state index in [1.54, 1.807) is 11.0 Å². The fourth-order valence-corrected chi connectivity index (χ4v) is 5.95. The van der Waals surface area contributed by atoms with Crippen molar-refractivity contribution in [3.05, 3.63) is 99.5 Å². The van der Waals surface area contributed by atoms with Gasteiger partial charge in [-0.1, -0.05) is 90.3 Å². The van der Waals surface area contributed by atoms with Crippen molar-refractivity contribution in [3.8, 4) is 0 Å². The molecule has 3 rings (SSSR count). The zero-order valence-electron chi connectivity index (χ0n) is 24.5. The topological polar surface area (TPSA) is 86.8 Å². The van der Waals surface area contributed by atoms with Crippen LogP contribution >= 0.6 is 23.2 Å². The van der Waals surface area contributed by atoms with Gasteiger partial charge in [-0.15, -0.1) is 0 Å². The van der Waals surface area contributed by atoms with E-state index in [-0.39, 0.29) is 54.5 Å². The highest BCUT2D eigenvalue weighted by Gasteiger charge is 2.31. The number of hydrogen-bond acceptors (Lipinski definition) is 4. The van der Waals surface area contributed by atoms with Gasteiger partial charge >= 0.3 is 0 Å². The lowest BCUT2D eigenvalue weighted by atomic mass is 10.0. The average Bonchev–Trinajstić information content (AvgIpc) is 2.95. The molecule has 0 aliphatic heterocycles. The lowest BCUT2D eigenvalue weighted by molar-refractivity contribution is -0.141. The number of carbonyl (C=O) groups is 2. The number of carbonyl (C=O) groups excluding carboxylic acids is 2. The number of rotatable bonds is 14. The second-order valence-corrected chi connectivity index (χ2v) is 13.3. The number of hydrogen-bond donors (Lipinski definition) is 1. The van der Waals surface area contributed by atoms with E-state index in [9.17, 15) is 18.0 Å². The molecule has 42 heavy (non-hydrogen) atoms. The summed E-state index contributed by atoms with van der Waals surface area (Å²) in [5.74, 6) is -0.474. The lowest BCUT2D eigenvalue weighted by Crippen LogP contribution is -2.52. The Balaban J connectivity index is 1.90. The second kappa shape index (κ2) is 15.4. The fourth-order valence-electron chi connectivity index (χ4n) is 4.54. The standard InChI is InChI=1S/C32H39Cl2N3O4S/c1-5-24(3)35-32(39)30(20-25-10-7-6-8-11-25)36(22-26-15-13-23(2)14-16-26)31(38)12-9-19-37(42(4,40)41)29-21-27(33)17-18-28(29)34/h6-8,10-11,13-18,21,24,30H,5,9,12,19-20,22H2,1-4H3,(H,35,39)/t24-,30+/m0/s1. The Labute approximate surface area is 259 Å². The summed E-state index contributed by atoms with van der Waals surface area (Å²) in [4.78, 5) is 29.2. The number of aryl methyl sites for hydroxylation is 1. The molecule has 0 saturated carbocycles. The second-order valence-electron chi connectivity index (χ2n) is 10.6. The van der Waals surface area contributed by atoms with Crippen LogP contribution in [-0.2, 0) is 32.6 Å². The van der Waals surface area contributed by atoms with Crippen molar-refractivity contribution in [2.75, 3.05) is 17.1 Å².